The number of aliphatic hydroxyl groups is 2. The highest BCUT2D eigenvalue weighted by atomic mass is 32.1. The van der Waals surface area contributed by atoms with E-state index in [1.165, 1.54) is 11.3 Å². The first-order chi connectivity index (χ1) is 8.86. The molecular weight excluding hydrogens is 268 g/mol. The molecule has 0 unspecified atom stereocenters. The lowest BCUT2D eigenvalue weighted by Crippen LogP contribution is -2.51. The van der Waals surface area contributed by atoms with Crippen LogP contribution in [-0.4, -0.2) is 53.4 Å². The van der Waals surface area contributed by atoms with Crippen molar-refractivity contribution in [3.05, 3.63) is 4.88 Å². The second kappa shape index (κ2) is 6.18. The summed E-state index contributed by atoms with van der Waals surface area (Å²) in [5, 5.41) is 21.5. The molecule has 8 heteroatoms. The Balaban J connectivity index is 2.91. The van der Waals surface area contributed by atoms with Crippen LogP contribution in [0.2, 0.25) is 0 Å². The molecular formula is C11H20N4O3S. The van der Waals surface area contributed by atoms with Crippen LogP contribution in [0.5, 0.6) is 0 Å². The Morgan fingerprint density at radius 2 is 2.11 bits per heavy atom. The van der Waals surface area contributed by atoms with Crippen molar-refractivity contribution >= 4 is 28.2 Å². The predicted molar refractivity (Wildman–Crippen MR) is 75.5 cm³/mol. The Hall–Kier alpha value is -1.38. The van der Waals surface area contributed by atoms with Crippen molar-refractivity contribution in [2.75, 3.05) is 37.4 Å². The number of nitrogens with two attached hydrogens (primary N) is 1. The van der Waals surface area contributed by atoms with Crippen LogP contribution in [0, 0.1) is 0 Å². The number of hydrogen-bond acceptors (Lipinski definition) is 7. The second-order valence-electron chi connectivity index (χ2n) is 4.56. The van der Waals surface area contributed by atoms with Gasteiger partial charge < -0.3 is 26.2 Å². The van der Waals surface area contributed by atoms with Crippen molar-refractivity contribution in [3.63, 3.8) is 0 Å². The molecule has 5 N–H and O–H groups in total. The Kier molecular flexibility index (Phi) is 5.10. The molecule has 0 bridgehead atoms. The van der Waals surface area contributed by atoms with Gasteiger partial charge in [0.05, 0.1) is 18.8 Å². The van der Waals surface area contributed by atoms with Crippen LogP contribution in [0.1, 0.15) is 23.5 Å². The van der Waals surface area contributed by atoms with Gasteiger partial charge in [0.25, 0.3) is 5.91 Å². The van der Waals surface area contributed by atoms with Crippen molar-refractivity contribution in [2.24, 2.45) is 0 Å². The summed E-state index contributed by atoms with van der Waals surface area (Å²) in [6.45, 7) is 3.53. The van der Waals surface area contributed by atoms with Crippen LogP contribution >= 0.6 is 11.3 Å². The summed E-state index contributed by atoms with van der Waals surface area (Å²) in [6, 6.07) is 0. The minimum atomic E-state index is -1.08. The first-order valence-corrected chi connectivity index (χ1v) is 6.70. The molecule has 1 heterocycles. The van der Waals surface area contributed by atoms with E-state index in [0.29, 0.717) is 5.13 Å². The molecule has 0 spiro atoms. The van der Waals surface area contributed by atoms with Gasteiger partial charge in [0.1, 0.15) is 10.7 Å². The zero-order valence-corrected chi connectivity index (χ0v) is 12.1. The van der Waals surface area contributed by atoms with Crippen LogP contribution in [0.25, 0.3) is 0 Å². The van der Waals surface area contributed by atoms with Gasteiger partial charge >= 0.3 is 0 Å². The van der Waals surface area contributed by atoms with Crippen molar-refractivity contribution in [1.82, 2.24) is 10.3 Å². The van der Waals surface area contributed by atoms with Crippen LogP contribution in [0.15, 0.2) is 0 Å². The topological polar surface area (TPSA) is 112 Å². The third-order valence-corrected chi connectivity index (χ3v) is 3.95. The SMILES string of the molecule is CCN(C)c1nc(N)c(C(=O)NC(C)(CO)CO)s1. The summed E-state index contributed by atoms with van der Waals surface area (Å²) in [5.74, 6) is -0.299. The van der Waals surface area contributed by atoms with E-state index >= 15 is 0 Å². The molecule has 0 saturated heterocycles. The highest BCUT2D eigenvalue weighted by Crippen LogP contribution is 2.27. The standard InChI is InChI=1S/C11H20N4O3S/c1-4-15(3)10-13-8(12)7(19-10)9(18)14-11(2,5-16)6-17/h16-17H,4-6,12H2,1-3H3,(H,14,18). The summed E-state index contributed by atoms with van der Waals surface area (Å²) in [7, 11) is 1.85. The number of nitrogens with zero attached hydrogens (tertiary/aromatic N) is 2. The predicted octanol–water partition coefficient (Wildman–Crippen LogP) is -0.345. The minimum absolute atomic E-state index is 0.149. The van der Waals surface area contributed by atoms with E-state index in [1.807, 2.05) is 18.9 Å². The molecule has 1 amide bonds. The molecule has 0 fully saturated rings. The molecule has 0 aliphatic heterocycles. The summed E-state index contributed by atoms with van der Waals surface area (Å²) < 4.78 is 0. The van der Waals surface area contributed by atoms with Gasteiger partial charge in [0.2, 0.25) is 0 Å². The first-order valence-electron chi connectivity index (χ1n) is 5.88. The highest BCUT2D eigenvalue weighted by Gasteiger charge is 2.27. The van der Waals surface area contributed by atoms with Crippen LogP contribution < -0.4 is 16.0 Å². The number of carbonyl (C=O) groups excluding carboxylic acids is 1. The number of hydrogen-bond donors (Lipinski definition) is 4. The molecule has 0 saturated carbocycles. The number of rotatable bonds is 6. The van der Waals surface area contributed by atoms with E-state index in [9.17, 15) is 4.79 Å². The summed E-state index contributed by atoms with van der Waals surface area (Å²) in [6.07, 6.45) is 0. The van der Waals surface area contributed by atoms with Crippen molar-refractivity contribution in [3.8, 4) is 0 Å². The number of nitrogen functional groups attached to an aromatic ring is 1. The van der Waals surface area contributed by atoms with Crippen molar-refractivity contribution < 1.29 is 15.0 Å². The molecule has 1 aromatic heterocycles. The number of amides is 1. The molecule has 1 aromatic rings. The molecule has 19 heavy (non-hydrogen) atoms. The first kappa shape index (κ1) is 15.7. The van der Waals surface area contributed by atoms with E-state index in [2.05, 4.69) is 10.3 Å². The zero-order chi connectivity index (χ0) is 14.6. The zero-order valence-electron chi connectivity index (χ0n) is 11.3. The van der Waals surface area contributed by atoms with Gasteiger partial charge in [-0.15, -0.1) is 0 Å². The normalized spacial score (nSPS) is 11.4. The fraction of sp³-hybridized carbons (Fsp3) is 0.636. The van der Waals surface area contributed by atoms with Crippen LogP contribution in [-0.2, 0) is 0 Å². The average Bonchev–Trinajstić information content (AvgIpc) is 2.79. The Morgan fingerprint density at radius 1 is 1.53 bits per heavy atom. The van der Waals surface area contributed by atoms with Gasteiger partial charge in [0.15, 0.2) is 5.13 Å². The van der Waals surface area contributed by atoms with Crippen molar-refractivity contribution in [1.29, 1.82) is 0 Å². The smallest absolute Gasteiger partial charge is 0.265 e. The van der Waals surface area contributed by atoms with Gasteiger partial charge in [-0.25, -0.2) is 4.98 Å². The number of nitrogens with one attached hydrogen (secondary N) is 1. The Morgan fingerprint density at radius 3 is 2.58 bits per heavy atom. The van der Waals surface area contributed by atoms with Crippen LogP contribution in [0.3, 0.4) is 0 Å². The van der Waals surface area contributed by atoms with E-state index in [-0.39, 0.29) is 23.9 Å². The fourth-order valence-electron chi connectivity index (χ4n) is 1.24. The lowest BCUT2D eigenvalue weighted by molar-refractivity contribution is 0.0728. The number of thiazole rings is 1. The Bertz CT molecular complexity index is 445. The number of aliphatic hydroxyl groups excluding tert-OH is 2. The van der Waals surface area contributed by atoms with Gasteiger partial charge in [0, 0.05) is 13.6 Å². The third kappa shape index (κ3) is 3.55. The molecule has 1 rings (SSSR count). The Labute approximate surface area is 116 Å². The molecule has 7 nitrogen and oxygen atoms in total. The molecule has 0 aliphatic carbocycles. The van der Waals surface area contributed by atoms with Gasteiger partial charge in [-0.05, 0) is 13.8 Å². The quantitative estimate of drug-likeness (QED) is 0.569. The van der Waals surface area contributed by atoms with E-state index in [0.717, 1.165) is 6.54 Å². The highest BCUT2D eigenvalue weighted by molar-refractivity contribution is 7.18. The molecule has 0 atom stereocenters. The molecule has 0 radical (unpaired) electrons. The maximum Gasteiger partial charge on any atom is 0.265 e. The minimum Gasteiger partial charge on any atom is -0.394 e. The van der Waals surface area contributed by atoms with E-state index in [4.69, 9.17) is 15.9 Å². The largest absolute Gasteiger partial charge is 0.394 e. The maximum atomic E-state index is 12.1. The average molecular weight is 288 g/mol. The van der Waals surface area contributed by atoms with Gasteiger partial charge in [-0.3, -0.25) is 4.79 Å². The van der Waals surface area contributed by atoms with Crippen LogP contribution in [0.4, 0.5) is 10.9 Å². The van der Waals surface area contributed by atoms with E-state index in [1.54, 1.807) is 6.92 Å². The number of carbonyl (C=O) groups is 1. The molecule has 0 aromatic carbocycles. The lowest BCUT2D eigenvalue weighted by atomic mass is 10.1. The second-order valence-corrected chi connectivity index (χ2v) is 5.53. The lowest BCUT2D eigenvalue weighted by Gasteiger charge is -2.25. The summed E-state index contributed by atoms with van der Waals surface area (Å²) in [4.78, 5) is 18.3. The maximum absolute atomic E-state index is 12.1. The van der Waals surface area contributed by atoms with E-state index < -0.39 is 11.4 Å². The van der Waals surface area contributed by atoms with Crippen molar-refractivity contribution in [2.45, 2.75) is 19.4 Å². The summed E-state index contributed by atoms with van der Waals surface area (Å²) >= 11 is 1.18. The molecule has 0 aliphatic rings. The van der Waals surface area contributed by atoms with Gasteiger partial charge in [-0.1, -0.05) is 11.3 Å². The fourth-order valence-corrected chi connectivity index (χ4v) is 2.15. The van der Waals surface area contributed by atoms with Gasteiger partial charge in [-0.2, -0.15) is 0 Å². The third-order valence-electron chi connectivity index (χ3n) is 2.76. The molecule has 108 valence electrons. The summed E-state index contributed by atoms with van der Waals surface area (Å²) in [5.41, 5.74) is 4.64. The number of aromatic nitrogens is 1. The number of anilines is 2. The monoisotopic (exact) mass is 288 g/mol.